The zero-order chi connectivity index (χ0) is 42.2. The highest BCUT2D eigenvalue weighted by molar-refractivity contribution is 6.26. The lowest BCUT2D eigenvalue weighted by Crippen LogP contribution is -1.96. The van der Waals surface area contributed by atoms with Gasteiger partial charge >= 0.3 is 0 Å². The van der Waals surface area contributed by atoms with E-state index in [9.17, 15) is 8.22 Å². The van der Waals surface area contributed by atoms with Crippen LogP contribution in [0.25, 0.3) is 93.6 Å². The van der Waals surface area contributed by atoms with E-state index in [1.165, 1.54) is 0 Å². The first kappa shape index (κ1) is 20.0. The highest BCUT2D eigenvalue weighted by Crippen LogP contribution is 2.43. The molecule has 0 spiro atoms. The third kappa shape index (κ3) is 4.06. The number of para-hydroxylation sites is 4. The average Bonchev–Trinajstić information content (AvgIpc) is 3.95. The minimum absolute atomic E-state index is 0.0426. The Balaban J connectivity index is 1.38. The molecular formula is C48H31N3. The number of hydrogen-bond donors (Lipinski definition) is 0. The molecule has 11 aromatic rings. The highest BCUT2D eigenvalue weighted by atomic mass is 15.0. The highest BCUT2D eigenvalue weighted by Gasteiger charge is 2.22. The van der Waals surface area contributed by atoms with Gasteiger partial charge < -0.3 is 13.7 Å². The average molecular weight is 660 g/mol. The maximum absolute atomic E-state index is 9.72. The van der Waals surface area contributed by atoms with E-state index in [1.54, 1.807) is 15.2 Å². The molecule has 0 saturated heterocycles. The molecule has 0 N–H and O–H groups in total. The van der Waals surface area contributed by atoms with Crippen molar-refractivity contribution < 1.29 is 13.7 Å². The second kappa shape index (κ2) is 10.8. The summed E-state index contributed by atoms with van der Waals surface area (Å²) < 4.78 is 97.7. The number of rotatable bonds is 4. The molecular weight excluding hydrogens is 619 g/mol. The molecule has 11 rings (SSSR count). The van der Waals surface area contributed by atoms with Crippen LogP contribution < -0.4 is 0 Å². The van der Waals surface area contributed by atoms with E-state index in [4.69, 9.17) is 5.48 Å². The lowest BCUT2D eigenvalue weighted by Gasteiger charge is -2.12. The molecule has 3 heterocycles. The van der Waals surface area contributed by atoms with Gasteiger partial charge in [-0.2, -0.15) is 0 Å². The van der Waals surface area contributed by atoms with Crippen molar-refractivity contribution >= 4 is 65.4 Å². The van der Waals surface area contributed by atoms with Gasteiger partial charge in [-0.3, -0.25) is 0 Å². The summed E-state index contributed by atoms with van der Waals surface area (Å²) in [6.07, 6.45) is 0. The van der Waals surface area contributed by atoms with Crippen molar-refractivity contribution in [2.45, 2.75) is 0 Å². The van der Waals surface area contributed by atoms with Gasteiger partial charge in [0.1, 0.15) is 0 Å². The lowest BCUT2D eigenvalue weighted by atomic mass is 10.1. The summed E-state index contributed by atoms with van der Waals surface area (Å²) in [5.41, 5.74) is 6.10. The number of nitrogens with zero attached hydrogens (tertiary/aromatic N) is 3. The molecule has 3 heteroatoms. The van der Waals surface area contributed by atoms with Crippen LogP contribution in [-0.4, -0.2) is 13.7 Å². The molecule has 0 aliphatic carbocycles. The Bertz CT molecular complexity index is 3700. The van der Waals surface area contributed by atoms with Gasteiger partial charge in [0.2, 0.25) is 0 Å². The Morgan fingerprint density at radius 1 is 0.333 bits per heavy atom. The molecule has 238 valence electrons. The van der Waals surface area contributed by atoms with Crippen molar-refractivity contribution in [3.8, 4) is 28.2 Å². The minimum Gasteiger partial charge on any atom is -0.309 e. The van der Waals surface area contributed by atoms with Crippen LogP contribution in [0.2, 0.25) is 0 Å². The largest absolute Gasteiger partial charge is 0.309 e. The Morgan fingerprint density at radius 3 is 1.80 bits per heavy atom. The molecule has 8 aromatic carbocycles. The molecule has 0 unspecified atom stereocenters. The van der Waals surface area contributed by atoms with Crippen LogP contribution in [0.5, 0.6) is 0 Å². The summed E-state index contributed by atoms with van der Waals surface area (Å²) in [7, 11) is 0. The van der Waals surface area contributed by atoms with Crippen molar-refractivity contribution in [3.63, 3.8) is 0 Å². The standard InChI is InChI=1S/C48H31N3/c1-3-14-32(15-4-1)33-16-13-19-35(30-33)50-44-25-12-9-22-40(44)47-46(50)29-27-39-37-20-7-11-24-43(37)51(48(39)47)36-26-28-45-41(31-36)38-21-8-10-23-42(38)49(45)34-17-5-2-6-18-34/h1-31H/i7D,9D,11D,12D,20D,22D,24D,25D,27D,29D. The van der Waals surface area contributed by atoms with E-state index < -0.39 is 24.2 Å². The third-order valence-corrected chi connectivity index (χ3v) is 9.89. The van der Waals surface area contributed by atoms with Crippen LogP contribution in [-0.2, 0) is 0 Å². The van der Waals surface area contributed by atoms with E-state index in [2.05, 4.69) is 4.57 Å². The van der Waals surface area contributed by atoms with Crippen molar-refractivity contribution in [3.05, 3.63) is 188 Å². The number of fused-ring (bicyclic) bond motifs is 10. The zero-order valence-corrected chi connectivity index (χ0v) is 27.0. The number of aromatic nitrogens is 3. The Labute approximate surface area is 308 Å². The molecule has 0 bridgehead atoms. The third-order valence-electron chi connectivity index (χ3n) is 9.89. The zero-order valence-electron chi connectivity index (χ0n) is 37.0. The first-order valence-electron chi connectivity index (χ1n) is 21.7. The summed E-state index contributed by atoms with van der Waals surface area (Å²) in [6, 6.07) is 37.0. The van der Waals surface area contributed by atoms with Crippen LogP contribution in [0, 0.1) is 0 Å². The summed E-state index contributed by atoms with van der Waals surface area (Å²) in [6.45, 7) is 0. The summed E-state index contributed by atoms with van der Waals surface area (Å²) in [5, 5.41) is 2.24. The maximum atomic E-state index is 9.72. The van der Waals surface area contributed by atoms with Gasteiger partial charge in [-0.05, 0) is 77.8 Å². The molecule has 0 atom stereocenters. The fourth-order valence-electron chi connectivity index (χ4n) is 7.75. The monoisotopic (exact) mass is 659 g/mol. The lowest BCUT2D eigenvalue weighted by molar-refractivity contribution is 1.17. The van der Waals surface area contributed by atoms with Gasteiger partial charge in [-0.1, -0.05) is 121 Å². The quantitative estimate of drug-likeness (QED) is 0.179. The molecule has 0 aliphatic heterocycles. The van der Waals surface area contributed by atoms with Gasteiger partial charge in [0.25, 0.3) is 0 Å². The maximum Gasteiger partial charge on any atom is 0.0645 e. The van der Waals surface area contributed by atoms with Crippen LogP contribution in [0.4, 0.5) is 0 Å². The van der Waals surface area contributed by atoms with Crippen molar-refractivity contribution in [1.82, 2.24) is 13.7 Å². The number of hydrogen-bond acceptors (Lipinski definition) is 0. The molecule has 0 radical (unpaired) electrons. The predicted molar refractivity (Wildman–Crippen MR) is 215 cm³/mol. The van der Waals surface area contributed by atoms with Gasteiger partial charge in [0.05, 0.1) is 46.8 Å². The van der Waals surface area contributed by atoms with Crippen LogP contribution >= 0.6 is 0 Å². The van der Waals surface area contributed by atoms with Crippen molar-refractivity contribution in [2.75, 3.05) is 0 Å². The van der Waals surface area contributed by atoms with Crippen LogP contribution in [0.3, 0.4) is 0 Å². The van der Waals surface area contributed by atoms with E-state index in [0.29, 0.717) is 11.4 Å². The van der Waals surface area contributed by atoms with E-state index >= 15 is 0 Å². The topological polar surface area (TPSA) is 14.8 Å². The fraction of sp³-hybridized carbons (Fsp3) is 0. The predicted octanol–water partition coefficient (Wildman–Crippen LogP) is 12.6. The second-order valence-electron chi connectivity index (χ2n) is 12.6. The molecule has 0 fully saturated rings. The summed E-state index contributed by atoms with van der Waals surface area (Å²) in [4.78, 5) is 0. The first-order valence-corrected chi connectivity index (χ1v) is 16.7. The van der Waals surface area contributed by atoms with Crippen molar-refractivity contribution in [2.24, 2.45) is 0 Å². The number of benzene rings is 8. The summed E-state index contributed by atoms with van der Waals surface area (Å²) >= 11 is 0. The fourth-order valence-corrected chi connectivity index (χ4v) is 7.75. The first-order chi connectivity index (χ1) is 29.5. The SMILES string of the molecule is [2H]c1c([2H])c([2H])c2c(c1[2H])c1c(c([2H])c([2H])c3c4c([2H])c([2H])c([2H])c([2H])c4n(-c4ccc5c(c4)c4ccccc4n5-c4ccccc4)c31)n2-c1cccc(-c2ccccc2)c1. The molecule has 3 aromatic heterocycles. The van der Waals surface area contributed by atoms with Crippen molar-refractivity contribution in [1.29, 1.82) is 0 Å². The smallest absolute Gasteiger partial charge is 0.0645 e. The van der Waals surface area contributed by atoms with E-state index in [1.807, 2.05) is 121 Å². The van der Waals surface area contributed by atoms with Gasteiger partial charge in [0.15, 0.2) is 0 Å². The second-order valence-corrected chi connectivity index (χ2v) is 12.6. The van der Waals surface area contributed by atoms with E-state index in [0.717, 1.165) is 38.6 Å². The summed E-state index contributed by atoms with van der Waals surface area (Å²) in [5.74, 6) is 0. The Morgan fingerprint density at radius 2 is 0.961 bits per heavy atom. The molecule has 0 saturated carbocycles. The van der Waals surface area contributed by atoms with Crippen LogP contribution in [0.15, 0.2) is 188 Å². The minimum atomic E-state index is -0.494. The molecule has 3 nitrogen and oxygen atoms in total. The Hall–Kier alpha value is -6.84. The molecule has 0 aliphatic rings. The van der Waals surface area contributed by atoms with Crippen LogP contribution in [0.1, 0.15) is 13.7 Å². The van der Waals surface area contributed by atoms with Gasteiger partial charge in [0, 0.05) is 49.4 Å². The van der Waals surface area contributed by atoms with Gasteiger partial charge in [-0.15, -0.1) is 0 Å². The molecule has 0 amide bonds. The Kier molecular flexibility index (Phi) is 4.24. The normalized spacial score (nSPS) is 14.7. The molecule has 51 heavy (non-hydrogen) atoms. The van der Waals surface area contributed by atoms with Gasteiger partial charge in [-0.25, -0.2) is 0 Å². The van der Waals surface area contributed by atoms with E-state index in [-0.39, 0.29) is 79.9 Å².